The van der Waals surface area contributed by atoms with Gasteiger partial charge in [-0.15, -0.1) is 0 Å². The van der Waals surface area contributed by atoms with Crippen LogP contribution < -0.4 is 10.9 Å². The van der Waals surface area contributed by atoms with E-state index in [0.717, 1.165) is 19.4 Å². The quantitative estimate of drug-likeness (QED) is 0.773. The number of aliphatic hydroxyl groups excluding tert-OH is 1. The van der Waals surface area contributed by atoms with Crippen molar-refractivity contribution >= 4 is 17.3 Å². The van der Waals surface area contributed by atoms with Crippen LogP contribution in [0.4, 0.5) is 5.69 Å². The maximum absolute atomic E-state index is 12.1. The molecule has 1 aliphatic rings. The minimum Gasteiger partial charge on any atom is -0.396 e. The molecule has 2 rings (SSSR count). The smallest absolute Gasteiger partial charge is 0.287 e. The molecule has 1 fully saturated rings. The van der Waals surface area contributed by atoms with E-state index in [1.807, 2.05) is 19.0 Å². The Labute approximate surface area is 123 Å². The van der Waals surface area contributed by atoms with Gasteiger partial charge in [0.05, 0.1) is 25.0 Å². The number of aromatic nitrogens is 2. The Hall–Kier alpha value is -1.11. The fourth-order valence-corrected chi connectivity index (χ4v) is 2.11. The summed E-state index contributed by atoms with van der Waals surface area (Å²) >= 11 is 6.09. The number of nitrogens with one attached hydrogen (secondary N) is 1. The number of hydrogen-bond donors (Lipinski definition) is 2. The molecule has 1 aromatic rings. The van der Waals surface area contributed by atoms with E-state index in [4.69, 9.17) is 11.6 Å². The number of rotatable bonds is 7. The van der Waals surface area contributed by atoms with Gasteiger partial charge < -0.3 is 15.3 Å². The van der Waals surface area contributed by atoms with Crippen LogP contribution in [0.3, 0.4) is 0 Å². The minimum absolute atomic E-state index is 0.0386. The summed E-state index contributed by atoms with van der Waals surface area (Å²) in [5, 5.41) is 16.7. The molecule has 1 saturated carbocycles. The topological polar surface area (TPSA) is 70.4 Å². The van der Waals surface area contributed by atoms with Crippen molar-refractivity contribution in [1.29, 1.82) is 0 Å². The Morgan fingerprint density at radius 3 is 2.80 bits per heavy atom. The van der Waals surface area contributed by atoms with Gasteiger partial charge in [0, 0.05) is 18.5 Å². The Kier molecular flexibility index (Phi) is 4.67. The molecule has 20 heavy (non-hydrogen) atoms. The first kappa shape index (κ1) is 15.3. The Morgan fingerprint density at radius 1 is 1.55 bits per heavy atom. The lowest BCUT2D eigenvalue weighted by molar-refractivity contribution is 0.220. The van der Waals surface area contributed by atoms with Crippen LogP contribution in [0.1, 0.15) is 12.8 Å². The number of nitrogens with zero attached hydrogens (tertiary/aromatic N) is 3. The van der Waals surface area contributed by atoms with Gasteiger partial charge in [0.25, 0.3) is 5.56 Å². The molecule has 2 N–H and O–H groups in total. The van der Waals surface area contributed by atoms with Crippen LogP contribution in [0.5, 0.6) is 0 Å². The Bertz CT molecular complexity index is 526. The molecule has 0 aliphatic heterocycles. The second-order valence-electron chi connectivity index (χ2n) is 5.72. The first-order valence-electron chi connectivity index (χ1n) is 6.72. The van der Waals surface area contributed by atoms with Crippen LogP contribution in [0.15, 0.2) is 11.0 Å². The molecule has 7 heteroatoms. The molecular weight excluding hydrogens is 280 g/mol. The van der Waals surface area contributed by atoms with Crippen molar-refractivity contribution in [1.82, 2.24) is 14.7 Å². The first-order valence-corrected chi connectivity index (χ1v) is 7.10. The number of hydrogen-bond acceptors (Lipinski definition) is 5. The highest BCUT2D eigenvalue weighted by atomic mass is 35.5. The highest BCUT2D eigenvalue weighted by molar-refractivity contribution is 6.32. The van der Waals surface area contributed by atoms with Crippen molar-refractivity contribution in [2.45, 2.75) is 19.4 Å². The van der Waals surface area contributed by atoms with Crippen molar-refractivity contribution < 1.29 is 5.11 Å². The van der Waals surface area contributed by atoms with Crippen molar-refractivity contribution in [2.75, 3.05) is 39.1 Å². The van der Waals surface area contributed by atoms with Gasteiger partial charge in [-0.05, 0) is 26.9 Å². The molecule has 0 radical (unpaired) electrons. The summed E-state index contributed by atoms with van der Waals surface area (Å²) in [6.45, 7) is 2.01. The van der Waals surface area contributed by atoms with E-state index >= 15 is 0 Å². The van der Waals surface area contributed by atoms with Gasteiger partial charge in [-0.3, -0.25) is 4.79 Å². The molecule has 0 spiro atoms. The second-order valence-corrected chi connectivity index (χ2v) is 6.09. The van der Waals surface area contributed by atoms with Crippen LogP contribution in [0, 0.1) is 5.41 Å². The molecule has 0 bridgehead atoms. The van der Waals surface area contributed by atoms with Crippen molar-refractivity contribution in [3.63, 3.8) is 0 Å². The third-order valence-electron chi connectivity index (χ3n) is 3.69. The maximum atomic E-state index is 12.1. The lowest BCUT2D eigenvalue weighted by Crippen LogP contribution is -2.29. The standard InChI is InChI=1S/C13H21ClN4O2/c1-17(2)5-6-18-12(20)11(14)10(7-16-18)15-8-13(9-19)3-4-13/h7,15,19H,3-6,8-9H2,1-2H3. The predicted molar refractivity (Wildman–Crippen MR) is 79.3 cm³/mol. The van der Waals surface area contributed by atoms with E-state index in [-0.39, 0.29) is 22.6 Å². The second kappa shape index (κ2) is 6.11. The highest BCUT2D eigenvalue weighted by Gasteiger charge is 2.41. The molecule has 1 aromatic heterocycles. The summed E-state index contributed by atoms with van der Waals surface area (Å²) in [5.41, 5.74) is 0.216. The molecule has 0 aromatic carbocycles. The van der Waals surface area contributed by atoms with Gasteiger partial charge in [-0.25, -0.2) is 4.68 Å². The fraction of sp³-hybridized carbons (Fsp3) is 0.692. The van der Waals surface area contributed by atoms with Crippen LogP contribution in [-0.2, 0) is 6.54 Å². The number of halogens is 1. The van der Waals surface area contributed by atoms with E-state index in [9.17, 15) is 9.90 Å². The third kappa shape index (κ3) is 3.50. The summed E-state index contributed by atoms with van der Waals surface area (Å²) < 4.78 is 1.37. The molecule has 112 valence electrons. The predicted octanol–water partition coefficient (Wildman–Crippen LogP) is 0.643. The van der Waals surface area contributed by atoms with Gasteiger partial charge in [-0.2, -0.15) is 5.10 Å². The third-order valence-corrected chi connectivity index (χ3v) is 4.06. The number of anilines is 1. The molecule has 0 atom stereocenters. The monoisotopic (exact) mass is 300 g/mol. The molecule has 0 unspecified atom stereocenters. The van der Waals surface area contributed by atoms with Gasteiger partial charge in [0.2, 0.25) is 0 Å². The summed E-state index contributed by atoms with van der Waals surface area (Å²) in [4.78, 5) is 14.1. The maximum Gasteiger partial charge on any atom is 0.287 e. The summed E-state index contributed by atoms with van der Waals surface area (Å²) in [5.74, 6) is 0. The molecular formula is C13H21ClN4O2. The van der Waals surface area contributed by atoms with Gasteiger partial charge in [-0.1, -0.05) is 11.6 Å². The molecule has 0 amide bonds. The van der Waals surface area contributed by atoms with Crippen LogP contribution >= 0.6 is 11.6 Å². The van der Waals surface area contributed by atoms with Gasteiger partial charge in [0.1, 0.15) is 5.02 Å². The Morgan fingerprint density at radius 2 is 2.25 bits per heavy atom. The van der Waals surface area contributed by atoms with Crippen molar-refractivity contribution in [3.8, 4) is 0 Å². The average molecular weight is 301 g/mol. The lowest BCUT2D eigenvalue weighted by Gasteiger charge is -2.15. The van der Waals surface area contributed by atoms with E-state index in [0.29, 0.717) is 18.8 Å². The molecule has 6 nitrogen and oxygen atoms in total. The van der Waals surface area contributed by atoms with Crippen molar-refractivity contribution in [2.24, 2.45) is 5.41 Å². The van der Waals surface area contributed by atoms with E-state index in [2.05, 4.69) is 10.4 Å². The largest absolute Gasteiger partial charge is 0.396 e. The minimum atomic E-state index is -0.285. The summed E-state index contributed by atoms with van der Waals surface area (Å²) in [6, 6.07) is 0. The van der Waals surface area contributed by atoms with Crippen LogP contribution in [-0.4, -0.2) is 53.6 Å². The zero-order chi connectivity index (χ0) is 14.8. The van der Waals surface area contributed by atoms with Crippen LogP contribution in [0.2, 0.25) is 5.02 Å². The lowest BCUT2D eigenvalue weighted by atomic mass is 10.1. The van der Waals surface area contributed by atoms with Crippen LogP contribution in [0.25, 0.3) is 0 Å². The zero-order valence-electron chi connectivity index (χ0n) is 11.9. The van der Waals surface area contributed by atoms with Gasteiger partial charge >= 0.3 is 0 Å². The average Bonchev–Trinajstić information content (AvgIpc) is 3.20. The fourth-order valence-electron chi connectivity index (χ4n) is 1.89. The molecule has 0 saturated heterocycles. The SMILES string of the molecule is CN(C)CCn1ncc(NCC2(CO)CC2)c(Cl)c1=O. The number of likely N-dealkylation sites (N-methyl/N-ethyl adjacent to an activating group) is 1. The van der Waals surface area contributed by atoms with Crippen molar-refractivity contribution in [3.05, 3.63) is 21.6 Å². The summed E-state index contributed by atoms with van der Waals surface area (Å²) in [7, 11) is 3.87. The van der Waals surface area contributed by atoms with E-state index < -0.39 is 0 Å². The first-order chi connectivity index (χ1) is 9.47. The van der Waals surface area contributed by atoms with Gasteiger partial charge in [0.15, 0.2) is 0 Å². The van der Waals surface area contributed by atoms with E-state index in [1.165, 1.54) is 4.68 Å². The normalized spacial score (nSPS) is 16.4. The van der Waals surface area contributed by atoms with E-state index in [1.54, 1.807) is 6.20 Å². The molecule has 1 aliphatic carbocycles. The number of aliphatic hydroxyl groups is 1. The zero-order valence-corrected chi connectivity index (χ0v) is 12.7. The Balaban J connectivity index is 2.04. The highest BCUT2D eigenvalue weighted by Crippen LogP contribution is 2.45. The summed E-state index contributed by atoms with van der Waals surface area (Å²) in [6.07, 6.45) is 3.58. The molecule has 1 heterocycles.